The third-order valence-corrected chi connectivity index (χ3v) is 6.16. The predicted molar refractivity (Wildman–Crippen MR) is 93.3 cm³/mol. The molecular formula is C17H24ClNO4S. The Morgan fingerprint density at radius 2 is 1.83 bits per heavy atom. The van der Waals surface area contributed by atoms with Crippen molar-refractivity contribution < 1.29 is 17.9 Å². The van der Waals surface area contributed by atoms with E-state index in [1.807, 2.05) is 6.92 Å². The van der Waals surface area contributed by atoms with E-state index in [2.05, 4.69) is 4.72 Å². The SMILES string of the molecule is CCOC(=O)C1CCC(CCNS(=O)(=O)c2ccc(Cl)cc2)CC1. The zero-order valence-corrected chi connectivity index (χ0v) is 15.4. The fourth-order valence-corrected chi connectivity index (χ4v) is 4.22. The molecular weight excluding hydrogens is 350 g/mol. The molecule has 0 unspecified atom stereocenters. The van der Waals surface area contributed by atoms with E-state index in [1.165, 1.54) is 12.1 Å². The topological polar surface area (TPSA) is 72.5 Å². The van der Waals surface area contributed by atoms with Gasteiger partial charge in [0.05, 0.1) is 17.4 Å². The minimum atomic E-state index is -3.49. The summed E-state index contributed by atoms with van der Waals surface area (Å²) in [7, 11) is -3.49. The highest BCUT2D eigenvalue weighted by atomic mass is 35.5. The van der Waals surface area contributed by atoms with E-state index in [0.717, 1.165) is 32.1 Å². The number of esters is 1. The molecule has 1 aliphatic rings. The van der Waals surface area contributed by atoms with Crippen LogP contribution >= 0.6 is 11.6 Å². The van der Waals surface area contributed by atoms with Crippen molar-refractivity contribution in [3.63, 3.8) is 0 Å². The number of halogens is 1. The van der Waals surface area contributed by atoms with Crippen LogP contribution in [0.4, 0.5) is 0 Å². The zero-order valence-electron chi connectivity index (χ0n) is 13.8. The first kappa shape index (κ1) is 19.2. The molecule has 0 spiro atoms. The van der Waals surface area contributed by atoms with Gasteiger partial charge in [-0.15, -0.1) is 0 Å². The quantitative estimate of drug-likeness (QED) is 0.743. The van der Waals surface area contributed by atoms with Crippen LogP contribution in [0.25, 0.3) is 0 Å². The lowest BCUT2D eigenvalue weighted by Gasteiger charge is -2.27. The molecule has 5 nitrogen and oxygen atoms in total. The Bertz CT molecular complexity index is 637. The molecule has 0 saturated heterocycles. The molecule has 0 aromatic heterocycles. The van der Waals surface area contributed by atoms with E-state index in [0.29, 0.717) is 24.1 Å². The van der Waals surface area contributed by atoms with Crippen LogP contribution in [0.2, 0.25) is 5.02 Å². The summed E-state index contributed by atoms with van der Waals surface area (Å²) in [5, 5.41) is 0.507. The summed E-state index contributed by atoms with van der Waals surface area (Å²) in [5.41, 5.74) is 0. The van der Waals surface area contributed by atoms with Crippen molar-refractivity contribution in [2.75, 3.05) is 13.2 Å². The summed E-state index contributed by atoms with van der Waals surface area (Å²) in [6.07, 6.45) is 4.31. The van der Waals surface area contributed by atoms with E-state index in [4.69, 9.17) is 16.3 Å². The van der Waals surface area contributed by atoms with E-state index in [1.54, 1.807) is 12.1 Å². The van der Waals surface area contributed by atoms with Gasteiger partial charge in [0.15, 0.2) is 0 Å². The van der Waals surface area contributed by atoms with Crippen LogP contribution in [0.15, 0.2) is 29.2 Å². The predicted octanol–water partition coefficient (Wildman–Crippen LogP) is 3.38. The number of nitrogens with one attached hydrogen (secondary N) is 1. The molecule has 1 saturated carbocycles. The monoisotopic (exact) mass is 373 g/mol. The summed E-state index contributed by atoms with van der Waals surface area (Å²) in [5.74, 6) is 0.356. The van der Waals surface area contributed by atoms with Crippen molar-refractivity contribution >= 4 is 27.6 Å². The molecule has 1 aromatic carbocycles. The minimum absolute atomic E-state index is 0.00644. The number of hydrogen-bond donors (Lipinski definition) is 1. The maximum atomic E-state index is 12.2. The van der Waals surface area contributed by atoms with E-state index in [9.17, 15) is 13.2 Å². The fraction of sp³-hybridized carbons (Fsp3) is 0.588. The van der Waals surface area contributed by atoms with Gasteiger partial charge in [-0.05, 0) is 69.2 Å². The largest absolute Gasteiger partial charge is 0.466 e. The van der Waals surface area contributed by atoms with Crippen LogP contribution in [0.5, 0.6) is 0 Å². The number of rotatable bonds is 7. The van der Waals surface area contributed by atoms with Crippen LogP contribution in [-0.4, -0.2) is 27.5 Å². The first-order chi connectivity index (χ1) is 11.4. The van der Waals surface area contributed by atoms with Gasteiger partial charge in [0.2, 0.25) is 10.0 Å². The average Bonchev–Trinajstić information content (AvgIpc) is 2.56. The van der Waals surface area contributed by atoms with Gasteiger partial charge < -0.3 is 4.74 Å². The van der Waals surface area contributed by atoms with Crippen LogP contribution in [0.1, 0.15) is 39.0 Å². The molecule has 134 valence electrons. The second-order valence-corrected chi connectivity index (χ2v) is 8.31. The highest BCUT2D eigenvalue weighted by Gasteiger charge is 2.27. The second kappa shape index (κ2) is 8.83. The Morgan fingerprint density at radius 1 is 1.21 bits per heavy atom. The molecule has 0 radical (unpaired) electrons. The highest BCUT2D eigenvalue weighted by Crippen LogP contribution is 2.31. The summed E-state index contributed by atoms with van der Waals surface area (Å²) in [6, 6.07) is 6.12. The second-order valence-electron chi connectivity index (χ2n) is 6.11. The molecule has 1 aliphatic carbocycles. The normalized spacial score (nSPS) is 21.4. The first-order valence-corrected chi connectivity index (χ1v) is 10.2. The zero-order chi connectivity index (χ0) is 17.6. The molecule has 0 aliphatic heterocycles. The van der Waals surface area contributed by atoms with E-state index >= 15 is 0 Å². The van der Waals surface area contributed by atoms with Gasteiger partial charge >= 0.3 is 5.97 Å². The van der Waals surface area contributed by atoms with Gasteiger partial charge in [0.1, 0.15) is 0 Å². The minimum Gasteiger partial charge on any atom is -0.466 e. The molecule has 0 heterocycles. The van der Waals surface area contributed by atoms with Crippen molar-refractivity contribution in [3.8, 4) is 0 Å². The molecule has 7 heteroatoms. The van der Waals surface area contributed by atoms with E-state index < -0.39 is 10.0 Å². The smallest absolute Gasteiger partial charge is 0.308 e. The van der Waals surface area contributed by atoms with Crippen molar-refractivity contribution in [1.29, 1.82) is 0 Å². The summed E-state index contributed by atoms with van der Waals surface area (Å²) >= 11 is 5.77. The number of carbonyl (C=O) groups excluding carboxylic acids is 1. The lowest BCUT2D eigenvalue weighted by atomic mass is 9.80. The standard InChI is InChI=1S/C17H24ClNO4S/c1-2-23-17(20)14-5-3-13(4-6-14)11-12-19-24(21,22)16-9-7-15(18)8-10-16/h7-10,13-14,19H,2-6,11-12H2,1H3. The Kier molecular flexibility index (Phi) is 7.07. The maximum absolute atomic E-state index is 12.2. The van der Waals surface area contributed by atoms with Gasteiger partial charge in [-0.1, -0.05) is 11.6 Å². The Hall–Kier alpha value is -1.11. The number of sulfonamides is 1. The van der Waals surface area contributed by atoms with Crippen LogP contribution in [-0.2, 0) is 19.6 Å². The van der Waals surface area contributed by atoms with Crippen molar-refractivity contribution in [1.82, 2.24) is 4.72 Å². The van der Waals surface area contributed by atoms with Crippen molar-refractivity contribution in [3.05, 3.63) is 29.3 Å². The molecule has 2 rings (SSSR count). The summed E-state index contributed by atoms with van der Waals surface area (Å²) < 4.78 is 32.1. The summed E-state index contributed by atoms with van der Waals surface area (Å²) in [6.45, 7) is 2.64. The Balaban J connectivity index is 1.75. The fourth-order valence-electron chi connectivity index (χ4n) is 3.04. The van der Waals surface area contributed by atoms with Crippen molar-refractivity contribution in [2.45, 2.75) is 43.9 Å². The number of carbonyl (C=O) groups is 1. The molecule has 0 amide bonds. The van der Waals surface area contributed by atoms with Gasteiger partial charge in [-0.3, -0.25) is 4.79 Å². The molecule has 24 heavy (non-hydrogen) atoms. The molecule has 1 aromatic rings. The maximum Gasteiger partial charge on any atom is 0.308 e. The van der Waals surface area contributed by atoms with Gasteiger partial charge in [0.25, 0.3) is 0 Å². The van der Waals surface area contributed by atoms with Crippen LogP contribution < -0.4 is 4.72 Å². The van der Waals surface area contributed by atoms with Gasteiger partial charge in [-0.2, -0.15) is 0 Å². The van der Waals surface area contributed by atoms with Gasteiger partial charge in [0, 0.05) is 11.6 Å². The third-order valence-electron chi connectivity index (χ3n) is 4.44. The van der Waals surface area contributed by atoms with Crippen LogP contribution in [0.3, 0.4) is 0 Å². The lowest BCUT2D eigenvalue weighted by Crippen LogP contribution is -2.28. The Morgan fingerprint density at radius 3 is 2.42 bits per heavy atom. The molecule has 1 N–H and O–H groups in total. The summed E-state index contributed by atoms with van der Waals surface area (Å²) in [4.78, 5) is 11.9. The highest BCUT2D eigenvalue weighted by molar-refractivity contribution is 7.89. The number of benzene rings is 1. The van der Waals surface area contributed by atoms with Crippen molar-refractivity contribution in [2.24, 2.45) is 11.8 Å². The number of hydrogen-bond acceptors (Lipinski definition) is 4. The van der Waals surface area contributed by atoms with Crippen LogP contribution in [0, 0.1) is 11.8 Å². The van der Waals surface area contributed by atoms with Gasteiger partial charge in [-0.25, -0.2) is 13.1 Å². The average molecular weight is 374 g/mol. The first-order valence-electron chi connectivity index (χ1n) is 8.34. The lowest BCUT2D eigenvalue weighted by molar-refractivity contribution is -0.149. The third kappa shape index (κ3) is 5.46. The number of ether oxygens (including phenoxy) is 1. The molecule has 0 bridgehead atoms. The Labute approximate surface area is 148 Å². The molecule has 0 atom stereocenters. The molecule has 1 fully saturated rings. The van der Waals surface area contributed by atoms with E-state index in [-0.39, 0.29) is 16.8 Å².